The molecule has 2 fully saturated rings. The van der Waals surface area contributed by atoms with Gasteiger partial charge < -0.3 is 19.5 Å². The number of hydrogen-bond acceptors (Lipinski definition) is 5. The number of anilines is 1. The van der Waals surface area contributed by atoms with Crippen molar-refractivity contribution in [3.8, 4) is 11.8 Å². The molecule has 1 unspecified atom stereocenters. The van der Waals surface area contributed by atoms with Crippen LogP contribution < -0.4 is 4.90 Å². The van der Waals surface area contributed by atoms with Crippen LogP contribution in [0.5, 0.6) is 0 Å². The van der Waals surface area contributed by atoms with Crippen molar-refractivity contribution < 1.29 is 24.2 Å². The van der Waals surface area contributed by atoms with Gasteiger partial charge in [0, 0.05) is 24.0 Å². The third-order valence-electron chi connectivity index (χ3n) is 7.61. The van der Waals surface area contributed by atoms with Crippen molar-refractivity contribution in [2.45, 2.75) is 97.8 Å². The maximum Gasteiger partial charge on any atom is 0.348 e. The molecule has 4 rings (SSSR count). The van der Waals surface area contributed by atoms with Crippen LogP contribution in [0.1, 0.15) is 94.1 Å². The smallest absolute Gasteiger partial charge is 0.348 e. The molecule has 7 heteroatoms. The summed E-state index contributed by atoms with van der Waals surface area (Å²) in [5.74, 6) is 5.47. The van der Waals surface area contributed by atoms with Crippen molar-refractivity contribution in [3.63, 3.8) is 0 Å². The highest BCUT2D eigenvalue weighted by atomic mass is 32.1. The van der Waals surface area contributed by atoms with E-state index in [1.54, 1.807) is 0 Å². The van der Waals surface area contributed by atoms with Crippen LogP contribution in [-0.4, -0.2) is 48.4 Å². The third-order valence-corrected chi connectivity index (χ3v) is 8.64. The van der Waals surface area contributed by atoms with Crippen LogP contribution in [-0.2, 0) is 14.3 Å². The van der Waals surface area contributed by atoms with Gasteiger partial charge in [-0.1, -0.05) is 30.4 Å². The first kappa shape index (κ1) is 27.9. The van der Waals surface area contributed by atoms with Crippen LogP contribution in [0.2, 0.25) is 0 Å². The number of amides is 1. The fraction of sp³-hybridized carbons (Fsp3) is 0.667. The van der Waals surface area contributed by atoms with Crippen LogP contribution in [0.15, 0.2) is 17.7 Å². The number of carbonyl (C=O) groups is 2. The fourth-order valence-electron chi connectivity index (χ4n) is 5.67. The number of ether oxygens (including phenoxy) is 2. The lowest BCUT2D eigenvalue weighted by molar-refractivity contribution is -0.124. The number of thiophene rings is 1. The molecule has 1 saturated carbocycles. The molecule has 1 aliphatic heterocycles. The first-order valence-corrected chi connectivity index (χ1v) is 14.5. The number of allylic oxidation sites excluding steroid dienone is 2. The topological polar surface area (TPSA) is 76.1 Å². The molecule has 3 atom stereocenters. The van der Waals surface area contributed by atoms with Crippen LogP contribution in [0, 0.1) is 29.1 Å². The van der Waals surface area contributed by atoms with E-state index in [2.05, 4.69) is 31.8 Å². The molecule has 0 bridgehead atoms. The zero-order chi connectivity index (χ0) is 26.7. The standard InChI is InChI=1S/C30H41NO5S/c1-19-6-11-25(20(2)16-19)28(32)31(21-7-9-22(10-8-21)36-23-13-15-35-18-23)26-17-24(12-14-30(3,4)5)37-27(26)29(33)34/h6,17,20-23,25H,7-11,13,15-16,18H2,1-5H3,(H,33,34)/t20-,21-,22-,23+,25?/m0/s1. The van der Waals surface area contributed by atoms with Crippen molar-refractivity contribution in [3.05, 3.63) is 27.5 Å². The number of rotatable bonds is 6. The molecule has 1 amide bonds. The van der Waals surface area contributed by atoms with Gasteiger partial charge in [-0.2, -0.15) is 0 Å². The number of carboxylic acids is 1. The predicted octanol–water partition coefficient (Wildman–Crippen LogP) is 6.29. The molecular formula is C30H41NO5S. The van der Waals surface area contributed by atoms with Gasteiger partial charge in [-0.05, 0) is 84.6 Å². The summed E-state index contributed by atoms with van der Waals surface area (Å²) in [5, 5.41) is 10.1. The van der Waals surface area contributed by atoms with Gasteiger partial charge in [0.1, 0.15) is 4.88 Å². The molecule has 3 aliphatic rings. The summed E-state index contributed by atoms with van der Waals surface area (Å²) >= 11 is 1.17. The molecule has 6 nitrogen and oxygen atoms in total. The van der Waals surface area contributed by atoms with Crippen LogP contribution in [0.25, 0.3) is 0 Å². The lowest BCUT2D eigenvalue weighted by Crippen LogP contribution is -2.48. The molecule has 2 heterocycles. The highest BCUT2D eigenvalue weighted by molar-refractivity contribution is 7.15. The maximum absolute atomic E-state index is 14.2. The van der Waals surface area contributed by atoms with Gasteiger partial charge in [0.2, 0.25) is 5.91 Å². The molecule has 1 aromatic heterocycles. The number of carboxylic acid groups (broad SMARTS) is 1. The molecule has 0 aromatic carbocycles. The molecule has 2 aliphatic carbocycles. The Morgan fingerprint density at radius 2 is 1.89 bits per heavy atom. The van der Waals surface area contributed by atoms with Crippen LogP contribution in [0.4, 0.5) is 5.69 Å². The van der Waals surface area contributed by atoms with E-state index in [9.17, 15) is 14.7 Å². The minimum absolute atomic E-state index is 0.0421. The predicted molar refractivity (Wildman–Crippen MR) is 147 cm³/mol. The normalized spacial score (nSPS) is 28.2. The Bertz CT molecular complexity index is 1070. The van der Waals surface area contributed by atoms with Gasteiger partial charge in [-0.3, -0.25) is 4.79 Å². The van der Waals surface area contributed by atoms with Crippen molar-refractivity contribution in [2.75, 3.05) is 18.1 Å². The number of aromatic carboxylic acids is 1. The Hall–Kier alpha value is -2.14. The van der Waals surface area contributed by atoms with E-state index in [0.717, 1.165) is 45.1 Å². The minimum Gasteiger partial charge on any atom is -0.477 e. The summed E-state index contributed by atoms with van der Waals surface area (Å²) in [5.41, 5.74) is 1.62. The van der Waals surface area contributed by atoms with E-state index < -0.39 is 5.97 Å². The first-order chi connectivity index (χ1) is 17.5. The lowest BCUT2D eigenvalue weighted by atomic mass is 9.79. The van der Waals surface area contributed by atoms with E-state index in [1.165, 1.54) is 16.9 Å². The van der Waals surface area contributed by atoms with E-state index in [-0.39, 0.29) is 46.3 Å². The van der Waals surface area contributed by atoms with Gasteiger partial charge >= 0.3 is 5.97 Å². The second-order valence-corrected chi connectivity index (χ2v) is 13.0. The van der Waals surface area contributed by atoms with Crippen LogP contribution in [0.3, 0.4) is 0 Å². The Morgan fingerprint density at radius 3 is 2.49 bits per heavy atom. The molecule has 0 spiro atoms. The van der Waals surface area contributed by atoms with Gasteiger partial charge in [0.05, 0.1) is 29.4 Å². The van der Waals surface area contributed by atoms with Crippen molar-refractivity contribution in [2.24, 2.45) is 17.3 Å². The average Bonchev–Trinajstić information content (AvgIpc) is 3.49. The highest BCUT2D eigenvalue weighted by Crippen LogP contribution is 2.39. The van der Waals surface area contributed by atoms with E-state index in [4.69, 9.17) is 9.47 Å². The Morgan fingerprint density at radius 1 is 1.16 bits per heavy atom. The van der Waals surface area contributed by atoms with E-state index >= 15 is 0 Å². The monoisotopic (exact) mass is 527 g/mol. The molecule has 37 heavy (non-hydrogen) atoms. The summed E-state index contributed by atoms with van der Waals surface area (Å²) < 4.78 is 11.7. The zero-order valence-electron chi connectivity index (χ0n) is 22.8. The average molecular weight is 528 g/mol. The molecule has 1 aromatic rings. The Labute approximate surface area is 225 Å². The van der Waals surface area contributed by atoms with Crippen molar-refractivity contribution in [1.29, 1.82) is 0 Å². The first-order valence-electron chi connectivity index (χ1n) is 13.6. The van der Waals surface area contributed by atoms with Gasteiger partial charge in [-0.15, -0.1) is 11.3 Å². The maximum atomic E-state index is 14.2. The molecule has 1 saturated heterocycles. The summed E-state index contributed by atoms with van der Waals surface area (Å²) in [6.07, 6.45) is 8.31. The summed E-state index contributed by atoms with van der Waals surface area (Å²) in [4.78, 5) is 29.3. The quantitative estimate of drug-likeness (QED) is 0.348. The fourth-order valence-corrected chi connectivity index (χ4v) is 6.51. The zero-order valence-corrected chi connectivity index (χ0v) is 23.7. The molecule has 0 radical (unpaired) electrons. The van der Waals surface area contributed by atoms with Crippen molar-refractivity contribution in [1.82, 2.24) is 0 Å². The molecule has 1 N–H and O–H groups in total. The second kappa shape index (κ2) is 11.7. The number of carbonyl (C=O) groups excluding carboxylic acids is 1. The van der Waals surface area contributed by atoms with E-state index in [0.29, 0.717) is 23.6 Å². The molecule has 202 valence electrons. The highest BCUT2D eigenvalue weighted by Gasteiger charge is 2.39. The Kier molecular flexibility index (Phi) is 8.83. The summed E-state index contributed by atoms with van der Waals surface area (Å²) in [6, 6.07) is 1.78. The van der Waals surface area contributed by atoms with Gasteiger partial charge in [0.25, 0.3) is 0 Å². The molecular weight excluding hydrogens is 486 g/mol. The number of nitrogens with zero attached hydrogens (tertiary/aromatic N) is 1. The van der Waals surface area contributed by atoms with Gasteiger partial charge in [0.15, 0.2) is 0 Å². The van der Waals surface area contributed by atoms with Gasteiger partial charge in [-0.25, -0.2) is 4.79 Å². The lowest BCUT2D eigenvalue weighted by Gasteiger charge is -2.40. The van der Waals surface area contributed by atoms with E-state index in [1.807, 2.05) is 31.7 Å². The van der Waals surface area contributed by atoms with Crippen molar-refractivity contribution >= 4 is 28.9 Å². The third kappa shape index (κ3) is 7.04. The largest absolute Gasteiger partial charge is 0.477 e. The number of hydrogen-bond donors (Lipinski definition) is 1. The summed E-state index contributed by atoms with van der Waals surface area (Å²) in [7, 11) is 0. The van der Waals surface area contributed by atoms with Crippen LogP contribution >= 0.6 is 11.3 Å². The Balaban J connectivity index is 1.63. The SMILES string of the molecule is CC1=CCC(C(=O)N(c2cc(C#CC(C)(C)C)sc2C(=O)O)[C@H]2CC[C@H](O[C@@H]3CCOC3)CC2)[C@@H](C)C1. The summed E-state index contributed by atoms with van der Waals surface area (Å²) in [6.45, 7) is 11.8. The minimum atomic E-state index is -1.01. The second-order valence-electron chi connectivity index (χ2n) is 12.0.